The topological polar surface area (TPSA) is 56.8 Å². The molecule has 8 heteroatoms. The minimum atomic E-state index is -3.43. The van der Waals surface area contributed by atoms with Crippen LogP contribution in [-0.2, 0) is 10.0 Å². The predicted molar refractivity (Wildman–Crippen MR) is 108 cm³/mol. The normalized spacial score (nSPS) is 19.0. The first-order valence-electron chi connectivity index (χ1n) is 9.76. The quantitative estimate of drug-likeness (QED) is 0.784. The smallest absolute Gasteiger partial charge is 0.244 e. The maximum absolute atomic E-state index is 13.2. The van der Waals surface area contributed by atoms with Crippen LogP contribution in [0.25, 0.3) is 0 Å². The van der Waals surface area contributed by atoms with Crippen LogP contribution >= 0.6 is 0 Å². The Bertz CT molecular complexity index is 897. The van der Waals surface area contributed by atoms with Crippen LogP contribution in [0.5, 0.6) is 0 Å². The molecule has 2 aromatic rings. The monoisotopic (exact) mass is 404 g/mol. The van der Waals surface area contributed by atoms with Crippen LogP contribution in [0, 0.1) is 5.82 Å². The Morgan fingerprint density at radius 2 is 1.46 bits per heavy atom. The zero-order chi connectivity index (χ0) is 19.6. The lowest BCUT2D eigenvalue weighted by Gasteiger charge is -2.24. The molecule has 0 bridgehead atoms. The second-order valence-corrected chi connectivity index (χ2v) is 9.21. The highest BCUT2D eigenvalue weighted by Crippen LogP contribution is 2.23. The van der Waals surface area contributed by atoms with E-state index in [-0.39, 0.29) is 10.7 Å². The molecule has 150 valence electrons. The van der Waals surface area contributed by atoms with Crippen LogP contribution < -0.4 is 9.80 Å². The molecule has 0 saturated carbocycles. The van der Waals surface area contributed by atoms with Crippen LogP contribution in [-0.4, -0.2) is 57.0 Å². The van der Waals surface area contributed by atoms with E-state index in [1.165, 1.54) is 22.6 Å². The molecule has 0 unspecified atom stereocenters. The highest BCUT2D eigenvalue weighted by atomic mass is 32.2. The number of sulfonamides is 1. The summed E-state index contributed by atoms with van der Waals surface area (Å²) in [6, 6.07) is 10.1. The van der Waals surface area contributed by atoms with E-state index >= 15 is 0 Å². The predicted octanol–water partition coefficient (Wildman–Crippen LogP) is 2.72. The van der Waals surface area contributed by atoms with E-state index in [9.17, 15) is 12.8 Å². The van der Waals surface area contributed by atoms with Gasteiger partial charge in [0, 0.05) is 51.2 Å². The molecule has 3 heterocycles. The first-order valence-corrected chi connectivity index (χ1v) is 11.2. The molecule has 2 saturated heterocycles. The molecular formula is C20H25FN4O2S. The van der Waals surface area contributed by atoms with Crippen molar-refractivity contribution in [1.29, 1.82) is 0 Å². The van der Waals surface area contributed by atoms with Gasteiger partial charge in [-0.3, -0.25) is 0 Å². The van der Waals surface area contributed by atoms with Crippen molar-refractivity contribution in [3.05, 3.63) is 48.4 Å². The number of halogens is 1. The minimum Gasteiger partial charge on any atom is -0.370 e. The standard InChI is InChI=1S/C20H25FN4O2S/c21-17-4-6-18(7-5-17)23-10-3-11-24(15-14-23)20-9-8-19(16-22-20)28(26,27)25-12-1-2-13-25/h4-9,16H,1-3,10-15H2. The van der Waals surface area contributed by atoms with Crippen LogP contribution in [0.4, 0.5) is 15.9 Å². The van der Waals surface area contributed by atoms with Gasteiger partial charge in [0.25, 0.3) is 0 Å². The lowest BCUT2D eigenvalue weighted by Crippen LogP contribution is -2.31. The lowest BCUT2D eigenvalue weighted by atomic mass is 10.2. The molecule has 4 rings (SSSR count). The van der Waals surface area contributed by atoms with Gasteiger partial charge in [0.05, 0.1) is 0 Å². The molecule has 2 fully saturated rings. The van der Waals surface area contributed by atoms with Crippen molar-refractivity contribution in [3.63, 3.8) is 0 Å². The van der Waals surface area contributed by atoms with Gasteiger partial charge in [-0.25, -0.2) is 17.8 Å². The van der Waals surface area contributed by atoms with Crippen LogP contribution in [0.2, 0.25) is 0 Å². The number of aromatic nitrogens is 1. The number of benzene rings is 1. The van der Waals surface area contributed by atoms with Crippen molar-refractivity contribution in [2.24, 2.45) is 0 Å². The minimum absolute atomic E-state index is 0.228. The van der Waals surface area contributed by atoms with Gasteiger partial charge in [-0.15, -0.1) is 0 Å². The summed E-state index contributed by atoms with van der Waals surface area (Å²) in [5.41, 5.74) is 1.02. The summed E-state index contributed by atoms with van der Waals surface area (Å²) in [5.74, 6) is 0.565. The summed E-state index contributed by atoms with van der Waals surface area (Å²) >= 11 is 0. The summed E-state index contributed by atoms with van der Waals surface area (Å²) in [4.78, 5) is 9.13. The third-order valence-electron chi connectivity index (χ3n) is 5.44. The van der Waals surface area contributed by atoms with Crippen molar-refractivity contribution in [1.82, 2.24) is 9.29 Å². The number of anilines is 2. The highest BCUT2D eigenvalue weighted by Gasteiger charge is 2.27. The van der Waals surface area contributed by atoms with Crippen LogP contribution in [0.1, 0.15) is 19.3 Å². The molecule has 0 amide bonds. The van der Waals surface area contributed by atoms with Gasteiger partial charge < -0.3 is 9.80 Å². The molecule has 6 nitrogen and oxygen atoms in total. The molecule has 0 aliphatic carbocycles. The Kier molecular flexibility index (Phi) is 5.50. The largest absolute Gasteiger partial charge is 0.370 e. The Morgan fingerprint density at radius 3 is 2.14 bits per heavy atom. The van der Waals surface area contributed by atoms with Crippen LogP contribution in [0.15, 0.2) is 47.5 Å². The maximum atomic E-state index is 13.2. The zero-order valence-corrected chi connectivity index (χ0v) is 16.6. The zero-order valence-electron chi connectivity index (χ0n) is 15.8. The molecule has 2 aliphatic rings. The van der Waals surface area contributed by atoms with E-state index in [1.54, 1.807) is 24.3 Å². The van der Waals surface area contributed by atoms with Crippen molar-refractivity contribution < 1.29 is 12.8 Å². The Morgan fingerprint density at radius 1 is 0.786 bits per heavy atom. The van der Waals surface area contributed by atoms with Crippen LogP contribution in [0.3, 0.4) is 0 Å². The summed E-state index contributed by atoms with van der Waals surface area (Å²) in [6.07, 6.45) is 4.27. The number of rotatable bonds is 4. The van der Waals surface area contributed by atoms with Crippen molar-refractivity contribution in [2.75, 3.05) is 49.1 Å². The average Bonchev–Trinajstić information content (AvgIpc) is 3.15. The fourth-order valence-electron chi connectivity index (χ4n) is 3.85. The van der Waals surface area contributed by atoms with E-state index in [0.29, 0.717) is 13.1 Å². The molecule has 0 spiro atoms. The molecular weight excluding hydrogens is 379 g/mol. The fourth-order valence-corrected chi connectivity index (χ4v) is 5.31. The number of hydrogen-bond acceptors (Lipinski definition) is 5. The van der Waals surface area contributed by atoms with Gasteiger partial charge in [0.1, 0.15) is 16.5 Å². The lowest BCUT2D eigenvalue weighted by molar-refractivity contribution is 0.477. The Labute approximate surface area is 165 Å². The maximum Gasteiger partial charge on any atom is 0.244 e. The molecule has 0 N–H and O–H groups in total. The highest BCUT2D eigenvalue weighted by molar-refractivity contribution is 7.89. The fraction of sp³-hybridized carbons (Fsp3) is 0.450. The molecule has 0 radical (unpaired) electrons. The van der Waals surface area contributed by atoms with Gasteiger partial charge in [0.2, 0.25) is 10.0 Å². The SMILES string of the molecule is O=S(=O)(c1ccc(N2CCCN(c3ccc(F)cc3)CC2)nc1)N1CCCC1. The molecule has 2 aliphatic heterocycles. The van der Waals surface area contributed by atoms with E-state index in [0.717, 1.165) is 56.9 Å². The number of nitrogens with zero attached hydrogens (tertiary/aromatic N) is 4. The first-order chi connectivity index (χ1) is 13.5. The van der Waals surface area contributed by atoms with Crippen molar-refractivity contribution in [2.45, 2.75) is 24.2 Å². The van der Waals surface area contributed by atoms with Crippen molar-refractivity contribution in [3.8, 4) is 0 Å². The number of pyridine rings is 1. The van der Waals surface area contributed by atoms with Gasteiger partial charge >= 0.3 is 0 Å². The van der Waals surface area contributed by atoms with Crippen molar-refractivity contribution >= 4 is 21.5 Å². The molecule has 1 aromatic heterocycles. The second-order valence-electron chi connectivity index (χ2n) is 7.27. The summed E-state index contributed by atoms with van der Waals surface area (Å²) in [5, 5.41) is 0. The van der Waals surface area contributed by atoms with E-state index in [4.69, 9.17) is 0 Å². The summed E-state index contributed by atoms with van der Waals surface area (Å²) in [7, 11) is -3.43. The molecule has 28 heavy (non-hydrogen) atoms. The third-order valence-corrected chi connectivity index (χ3v) is 7.32. The summed E-state index contributed by atoms with van der Waals surface area (Å²) in [6.45, 7) is 4.51. The van der Waals surface area contributed by atoms with Gasteiger partial charge in [-0.05, 0) is 55.7 Å². The Balaban J connectivity index is 1.44. The third kappa shape index (κ3) is 3.98. The molecule has 1 aromatic carbocycles. The molecule has 0 atom stereocenters. The van der Waals surface area contributed by atoms with E-state index < -0.39 is 10.0 Å². The Hall–Kier alpha value is -2.19. The van der Waals surface area contributed by atoms with Gasteiger partial charge in [-0.1, -0.05) is 0 Å². The average molecular weight is 405 g/mol. The van der Waals surface area contributed by atoms with Gasteiger partial charge in [0.15, 0.2) is 0 Å². The second kappa shape index (κ2) is 8.05. The van der Waals surface area contributed by atoms with E-state index in [2.05, 4.69) is 14.8 Å². The van der Waals surface area contributed by atoms with E-state index in [1.807, 2.05) is 0 Å². The van der Waals surface area contributed by atoms with Gasteiger partial charge in [-0.2, -0.15) is 4.31 Å². The first kappa shape index (κ1) is 19.1. The number of hydrogen-bond donors (Lipinski definition) is 0. The summed E-state index contributed by atoms with van der Waals surface area (Å²) < 4.78 is 40.0.